The Morgan fingerprint density at radius 1 is 1.24 bits per heavy atom. The van der Waals surface area contributed by atoms with Crippen LogP contribution in [0.1, 0.15) is 28.8 Å². The van der Waals surface area contributed by atoms with Crippen LogP contribution in [0, 0.1) is 11.7 Å². The fourth-order valence-electron chi connectivity index (χ4n) is 3.15. The van der Waals surface area contributed by atoms with Crippen LogP contribution in [0.25, 0.3) is 0 Å². The van der Waals surface area contributed by atoms with Crippen LogP contribution in [-0.2, 0) is 6.54 Å². The third-order valence-electron chi connectivity index (χ3n) is 4.58. The van der Waals surface area contributed by atoms with Gasteiger partial charge < -0.3 is 15.3 Å². The highest BCUT2D eigenvalue weighted by molar-refractivity contribution is 5.95. The van der Waals surface area contributed by atoms with E-state index in [0.717, 1.165) is 30.6 Å². The van der Waals surface area contributed by atoms with E-state index in [4.69, 9.17) is 0 Å². The molecule has 25 heavy (non-hydrogen) atoms. The summed E-state index contributed by atoms with van der Waals surface area (Å²) in [5.41, 5.74) is 2.47. The van der Waals surface area contributed by atoms with E-state index in [-0.39, 0.29) is 24.2 Å². The summed E-state index contributed by atoms with van der Waals surface area (Å²) in [7, 11) is 0. The van der Waals surface area contributed by atoms with Crippen molar-refractivity contribution in [1.29, 1.82) is 0 Å². The number of rotatable bonds is 5. The topological polar surface area (TPSA) is 52.6 Å². The lowest BCUT2D eigenvalue weighted by Gasteiger charge is -2.32. The van der Waals surface area contributed by atoms with Crippen LogP contribution in [0.2, 0.25) is 0 Å². The Kier molecular flexibility index (Phi) is 5.66. The highest BCUT2D eigenvalue weighted by Gasteiger charge is 2.24. The number of hydrogen-bond acceptors (Lipinski definition) is 3. The minimum absolute atomic E-state index is 0.00332. The molecule has 1 aliphatic rings. The molecule has 1 atom stereocenters. The van der Waals surface area contributed by atoms with Gasteiger partial charge in [0.05, 0.1) is 0 Å². The normalized spacial score (nSPS) is 17.4. The molecule has 3 rings (SSSR count). The Bertz CT molecular complexity index is 718. The van der Waals surface area contributed by atoms with Gasteiger partial charge in [0.25, 0.3) is 5.91 Å². The largest absolute Gasteiger partial charge is 0.396 e. The van der Waals surface area contributed by atoms with E-state index in [1.54, 1.807) is 12.1 Å². The molecular weight excluding hydrogens is 319 g/mol. The molecule has 0 bridgehead atoms. The second kappa shape index (κ2) is 8.12. The quantitative estimate of drug-likeness (QED) is 0.877. The Labute approximate surface area is 147 Å². The second-order valence-electron chi connectivity index (χ2n) is 6.50. The number of likely N-dealkylation sites (tertiary alicyclic amines) is 1. The summed E-state index contributed by atoms with van der Waals surface area (Å²) in [6.07, 6.45) is 1.90. The molecule has 0 radical (unpaired) electrons. The van der Waals surface area contributed by atoms with Gasteiger partial charge in [0.1, 0.15) is 5.82 Å². The van der Waals surface area contributed by atoms with Crippen molar-refractivity contribution in [2.24, 2.45) is 5.92 Å². The predicted molar refractivity (Wildman–Crippen MR) is 95.9 cm³/mol. The molecule has 0 aliphatic carbocycles. The van der Waals surface area contributed by atoms with E-state index in [1.807, 2.05) is 29.2 Å². The van der Waals surface area contributed by atoms with Crippen molar-refractivity contribution in [1.82, 2.24) is 4.90 Å². The molecule has 0 saturated carbocycles. The standard InChI is InChI=1S/C20H23FN2O2/c21-18-8-6-15(7-9-18)12-22-19-5-1-4-17(11-19)20(25)23-10-2-3-16(13-23)14-24/h1,4-9,11,16,22,24H,2-3,10,12-14H2. The number of nitrogens with one attached hydrogen (secondary N) is 1. The van der Waals surface area contributed by atoms with Crippen LogP contribution in [0.4, 0.5) is 10.1 Å². The molecule has 1 saturated heterocycles. The molecule has 0 spiro atoms. The molecule has 1 aliphatic heterocycles. The van der Waals surface area contributed by atoms with Crippen LogP contribution in [0.15, 0.2) is 48.5 Å². The molecular formula is C20H23FN2O2. The second-order valence-corrected chi connectivity index (χ2v) is 6.50. The van der Waals surface area contributed by atoms with Gasteiger partial charge in [-0.2, -0.15) is 0 Å². The third kappa shape index (κ3) is 4.57. The molecule has 1 fully saturated rings. The number of hydrogen-bond donors (Lipinski definition) is 2. The maximum Gasteiger partial charge on any atom is 0.253 e. The van der Waals surface area contributed by atoms with Crippen LogP contribution in [-0.4, -0.2) is 35.6 Å². The van der Waals surface area contributed by atoms with Crippen LogP contribution < -0.4 is 5.32 Å². The fourth-order valence-corrected chi connectivity index (χ4v) is 3.15. The third-order valence-corrected chi connectivity index (χ3v) is 4.58. The number of aliphatic hydroxyl groups is 1. The summed E-state index contributed by atoms with van der Waals surface area (Å²) in [6.45, 7) is 2.04. The van der Waals surface area contributed by atoms with Crippen molar-refractivity contribution < 1.29 is 14.3 Å². The van der Waals surface area contributed by atoms with E-state index in [2.05, 4.69) is 5.32 Å². The first-order valence-electron chi connectivity index (χ1n) is 8.64. The first-order valence-corrected chi connectivity index (χ1v) is 8.64. The Morgan fingerprint density at radius 2 is 2.04 bits per heavy atom. The van der Waals surface area contributed by atoms with Crippen LogP contribution in [0.3, 0.4) is 0 Å². The van der Waals surface area contributed by atoms with Gasteiger partial charge in [-0.1, -0.05) is 18.2 Å². The summed E-state index contributed by atoms with van der Waals surface area (Å²) in [5, 5.41) is 12.6. The van der Waals surface area contributed by atoms with Gasteiger partial charge in [-0.25, -0.2) is 4.39 Å². The average Bonchev–Trinajstić information content (AvgIpc) is 2.67. The maximum atomic E-state index is 12.9. The predicted octanol–water partition coefficient (Wildman–Crippen LogP) is 3.28. The summed E-state index contributed by atoms with van der Waals surface area (Å²) >= 11 is 0. The molecule has 4 nitrogen and oxygen atoms in total. The number of benzene rings is 2. The summed E-state index contributed by atoms with van der Waals surface area (Å²) in [5.74, 6) is -0.0693. The Morgan fingerprint density at radius 3 is 2.80 bits per heavy atom. The van der Waals surface area contributed by atoms with Crippen molar-refractivity contribution in [3.05, 3.63) is 65.5 Å². The molecule has 0 aromatic heterocycles. The van der Waals surface area contributed by atoms with Crippen molar-refractivity contribution >= 4 is 11.6 Å². The van der Waals surface area contributed by atoms with Gasteiger partial charge in [-0.3, -0.25) is 4.79 Å². The first kappa shape index (κ1) is 17.4. The number of nitrogens with zero attached hydrogens (tertiary/aromatic N) is 1. The molecule has 5 heteroatoms. The van der Waals surface area contributed by atoms with E-state index < -0.39 is 0 Å². The number of carbonyl (C=O) groups is 1. The van der Waals surface area contributed by atoms with Crippen molar-refractivity contribution in [3.8, 4) is 0 Å². The van der Waals surface area contributed by atoms with Gasteiger partial charge >= 0.3 is 0 Å². The lowest BCUT2D eigenvalue weighted by molar-refractivity contribution is 0.0621. The molecule has 2 aromatic carbocycles. The van der Waals surface area contributed by atoms with Crippen molar-refractivity contribution in [3.63, 3.8) is 0 Å². The summed E-state index contributed by atoms with van der Waals surface area (Å²) < 4.78 is 12.9. The minimum atomic E-state index is -0.251. The van der Waals surface area contributed by atoms with Gasteiger partial charge in [0, 0.05) is 37.5 Å². The molecule has 2 N–H and O–H groups in total. The SMILES string of the molecule is O=C(c1cccc(NCc2ccc(F)cc2)c1)N1CCCC(CO)C1. The van der Waals surface area contributed by atoms with Gasteiger partial charge in [0.15, 0.2) is 0 Å². The number of anilines is 1. The maximum absolute atomic E-state index is 12.9. The molecule has 132 valence electrons. The van der Waals surface area contributed by atoms with Crippen molar-refractivity contribution in [2.45, 2.75) is 19.4 Å². The monoisotopic (exact) mass is 342 g/mol. The number of carbonyl (C=O) groups excluding carboxylic acids is 1. The zero-order chi connectivity index (χ0) is 17.6. The van der Waals surface area contributed by atoms with Gasteiger partial charge in [0.2, 0.25) is 0 Å². The zero-order valence-corrected chi connectivity index (χ0v) is 14.1. The van der Waals surface area contributed by atoms with Crippen LogP contribution >= 0.6 is 0 Å². The number of halogens is 1. The van der Waals surface area contributed by atoms with Crippen LogP contribution in [0.5, 0.6) is 0 Å². The number of aliphatic hydroxyl groups excluding tert-OH is 1. The van der Waals surface area contributed by atoms with E-state index in [1.165, 1.54) is 12.1 Å². The molecule has 1 heterocycles. The van der Waals surface area contributed by atoms with Crippen molar-refractivity contribution in [2.75, 3.05) is 25.0 Å². The molecule has 1 unspecified atom stereocenters. The number of amides is 1. The van der Waals surface area contributed by atoms with E-state index >= 15 is 0 Å². The Hall–Kier alpha value is -2.40. The van der Waals surface area contributed by atoms with Gasteiger partial charge in [-0.15, -0.1) is 0 Å². The number of piperidine rings is 1. The summed E-state index contributed by atoms with van der Waals surface area (Å²) in [6, 6.07) is 13.8. The smallest absolute Gasteiger partial charge is 0.253 e. The molecule has 2 aromatic rings. The lowest BCUT2D eigenvalue weighted by Crippen LogP contribution is -2.40. The lowest BCUT2D eigenvalue weighted by atomic mass is 9.98. The Balaban J connectivity index is 1.64. The van der Waals surface area contributed by atoms with E-state index in [9.17, 15) is 14.3 Å². The highest BCUT2D eigenvalue weighted by Crippen LogP contribution is 2.20. The summed E-state index contributed by atoms with van der Waals surface area (Å²) in [4.78, 5) is 14.5. The molecule has 1 amide bonds. The highest BCUT2D eigenvalue weighted by atomic mass is 19.1. The van der Waals surface area contributed by atoms with E-state index in [0.29, 0.717) is 18.7 Å². The van der Waals surface area contributed by atoms with Gasteiger partial charge in [-0.05, 0) is 54.7 Å². The first-order chi connectivity index (χ1) is 12.2. The zero-order valence-electron chi connectivity index (χ0n) is 14.1. The fraction of sp³-hybridized carbons (Fsp3) is 0.350. The average molecular weight is 342 g/mol. The minimum Gasteiger partial charge on any atom is -0.396 e.